The highest BCUT2D eigenvalue weighted by Gasteiger charge is 2.35. The van der Waals surface area contributed by atoms with Crippen molar-refractivity contribution < 1.29 is 14.7 Å². The number of hydrogen-bond acceptors (Lipinski definition) is 3. The number of aliphatic carboxylic acids is 1. The normalized spacial score (nSPS) is 17.1. The van der Waals surface area contributed by atoms with Gasteiger partial charge in [-0.15, -0.1) is 0 Å². The van der Waals surface area contributed by atoms with Crippen LogP contribution in [-0.2, 0) is 29.0 Å². The van der Waals surface area contributed by atoms with E-state index in [2.05, 4.69) is 15.9 Å². The Labute approximate surface area is 140 Å². The third-order valence-corrected chi connectivity index (χ3v) is 5.35. The fourth-order valence-corrected chi connectivity index (χ4v) is 3.97. The maximum absolute atomic E-state index is 12.5. The molecule has 3 rings (SSSR count). The number of benzene rings is 1. The minimum absolute atomic E-state index is 0.142. The number of amides is 1. The summed E-state index contributed by atoms with van der Waals surface area (Å²) in [6, 6.07) is 6.85. The second kappa shape index (κ2) is 6.22. The first-order valence-electron chi connectivity index (χ1n) is 6.86. The van der Waals surface area contributed by atoms with Crippen LogP contribution >= 0.6 is 27.3 Å². The quantitative estimate of drug-likeness (QED) is 0.891. The van der Waals surface area contributed by atoms with Crippen molar-refractivity contribution >= 4 is 39.1 Å². The summed E-state index contributed by atoms with van der Waals surface area (Å²) in [5.74, 6) is -1.10. The van der Waals surface area contributed by atoms with Crippen LogP contribution in [0.4, 0.5) is 0 Å². The van der Waals surface area contributed by atoms with Crippen LogP contribution in [0.2, 0.25) is 0 Å². The molecule has 114 valence electrons. The molecule has 2 aromatic rings. The minimum atomic E-state index is -0.958. The van der Waals surface area contributed by atoms with Gasteiger partial charge in [-0.3, -0.25) is 4.79 Å². The fourth-order valence-electron chi connectivity index (χ4n) is 2.73. The molecule has 1 amide bonds. The molecule has 1 aliphatic rings. The van der Waals surface area contributed by atoms with Crippen molar-refractivity contribution in [3.63, 3.8) is 0 Å². The van der Waals surface area contributed by atoms with E-state index in [1.165, 1.54) is 16.2 Å². The van der Waals surface area contributed by atoms with Gasteiger partial charge < -0.3 is 10.0 Å². The summed E-state index contributed by atoms with van der Waals surface area (Å²) >= 11 is 5.00. The number of rotatable bonds is 3. The Morgan fingerprint density at radius 3 is 2.86 bits per heavy atom. The SMILES string of the molecule is O=C(O)C1Cc2c(Br)cccc2CN1C(=O)Cc1ccsc1. The van der Waals surface area contributed by atoms with E-state index in [1.807, 2.05) is 35.0 Å². The molecule has 0 radical (unpaired) electrons. The number of fused-ring (bicyclic) bond motifs is 1. The second-order valence-corrected chi connectivity index (χ2v) is 6.90. The van der Waals surface area contributed by atoms with Gasteiger partial charge in [0.2, 0.25) is 5.91 Å². The maximum atomic E-state index is 12.5. The summed E-state index contributed by atoms with van der Waals surface area (Å²) in [7, 11) is 0. The largest absolute Gasteiger partial charge is 0.480 e. The molecule has 22 heavy (non-hydrogen) atoms. The number of hydrogen-bond donors (Lipinski definition) is 1. The lowest BCUT2D eigenvalue weighted by Gasteiger charge is -2.35. The van der Waals surface area contributed by atoms with Crippen LogP contribution in [0.1, 0.15) is 16.7 Å². The predicted molar refractivity (Wildman–Crippen MR) is 87.8 cm³/mol. The smallest absolute Gasteiger partial charge is 0.326 e. The van der Waals surface area contributed by atoms with Gasteiger partial charge in [-0.05, 0) is 39.6 Å². The van der Waals surface area contributed by atoms with Crippen molar-refractivity contribution in [2.75, 3.05) is 0 Å². The van der Waals surface area contributed by atoms with Crippen LogP contribution < -0.4 is 0 Å². The van der Waals surface area contributed by atoms with Crippen LogP contribution in [0.5, 0.6) is 0 Å². The summed E-state index contributed by atoms with van der Waals surface area (Å²) in [5.41, 5.74) is 2.92. The van der Waals surface area contributed by atoms with E-state index in [0.717, 1.165) is 21.2 Å². The molecule has 4 nitrogen and oxygen atoms in total. The first-order valence-corrected chi connectivity index (χ1v) is 8.59. The van der Waals surface area contributed by atoms with Crippen molar-refractivity contribution in [1.29, 1.82) is 0 Å². The number of carboxylic acids is 1. The Morgan fingerprint density at radius 2 is 2.18 bits per heavy atom. The molecule has 1 aromatic heterocycles. The lowest BCUT2D eigenvalue weighted by atomic mass is 9.93. The molecule has 0 spiro atoms. The Bertz CT molecular complexity index is 714. The molecule has 1 aliphatic heterocycles. The van der Waals surface area contributed by atoms with Crippen molar-refractivity contribution in [2.45, 2.75) is 25.4 Å². The van der Waals surface area contributed by atoms with E-state index in [1.54, 1.807) is 0 Å². The first-order chi connectivity index (χ1) is 10.6. The molecule has 0 saturated heterocycles. The lowest BCUT2D eigenvalue weighted by Crippen LogP contribution is -2.49. The van der Waals surface area contributed by atoms with Crippen LogP contribution in [0.25, 0.3) is 0 Å². The van der Waals surface area contributed by atoms with Crippen molar-refractivity contribution in [3.8, 4) is 0 Å². The summed E-state index contributed by atoms with van der Waals surface area (Å²) < 4.78 is 0.904. The molecule has 1 atom stereocenters. The molecule has 6 heteroatoms. The van der Waals surface area contributed by atoms with Crippen molar-refractivity contribution in [2.24, 2.45) is 0 Å². The van der Waals surface area contributed by atoms with Gasteiger partial charge in [-0.2, -0.15) is 11.3 Å². The molecule has 0 saturated carbocycles. The molecule has 2 heterocycles. The van der Waals surface area contributed by atoms with Crippen LogP contribution in [0.15, 0.2) is 39.5 Å². The summed E-state index contributed by atoms with van der Waals surface area (Å²) in [6.07, 6.45) is 0.581. The molecule has 1 unspecified atom stereocenters. The van der Waals surface area contributed by atoms with Gasteiger partial charge in [0.05, 0.1) is 6.42 Å². The second-order valence-electron chi connectivity index (χ2n) is 5.27. The molecule has 0 aliphatic carbocycles. The fraction of sp³-hybridized carbons (Fsp3) is 0.250. The van der Waals surface area contributed by atoms with Crippen LogP contribution in [0, 0.1) is 0 Å². The average molecular weight is 380 g/mol. The number of nitrogens with zero attached hydrogens (tertiary/aromatic N) is 1. The van der Waals surface area contributed by atoms with Gasteiger partial charge in [0.25, 0.3) is 0 Å². The summed E-state index contributed by atoms with van der Waals surface area (Å²) in [6.45, 7) is 0.342. The summed E-state index contributed by atoms with van der Waals surface area (Å²) in [5, 5.41) is 13.3. The number of carboxylic acid groups (broad SMARTS) is 1. The molecule has 1 aromatic carbocycles. The van der Waals surface area contributed by atoms with E-state index in [4.69, 9.17) is 0 Å². The molecule has 1 N–H and O–H groups in total. The van der Waals surface area contributed by atoms with E-state index in [9.17, 15) is 14.7 Å². The van der Waals surface area contributed by atoms with Gasteiger partial charge in [-0.25, -0.2) is 4.79 Å². The Kier molecular flexibility index (Phi) is 4.31. The number of halogens is 1. The predicted octanol–water partition coefficient (Wildman–Crippen LogP) is 3.09. The topological polar surface area (TPSA) is 57.6 Å². The van der Waals surface area contributed by atoms with Gasteiger partial charge in [0, 0.05) is 17.4 Å². The zero-order valence-electron chi connectivity index (χ0n) is 11.7. The Morgan fingerprint density at radius 1 is 1.36 bits per heavy atom. The number of carbonyl (C=O) groups is 2. The average Bonchev–Trinajstić information content (AvgIpc) is 2.99. The summed E-state index contributed by atoms with van der Waals surface area (Å²) in [4.78, 5) is 25.6. The molecular weight excluding hydrogens is 366 g/mol. The van der Waals surface area contributed by atoms with E-state index in [0.29, 0.717) is 13.0 Å². The van der Waals surface area contributed by atoms with Crippen molar-refractivity contribution in [1.82, 2.24) is 4.90 Å². The van der Waals surface area contributed by atoms with Gasteiger partial charge in [0.1, 0.15) is 6.04 Å². The lowest BCUT2D eigenvalue weighted by molar-refractivity contribution is -0.151. The van der Waals surface area contributed by atoms with Crippen LogP contribution in [-0.4, -0.2) is 27.9 Å². The zero-order valence-corrected chi connectivity index (χ0v) is 14.1. The highest BCUT2D eigenvalue weighted by molar-refractivity contribution is 9.10. The molecule has 0 fully saturated rings. The monoisotopic (exact) mass is 379 g/mol. The molecule has 0 bridgehead atoms. The Hall–Kier alpha value is -1.66. The Balaban J connectivity index is 1.89. The van der Waals surface area contributed by atoms with E-state index in [-0.39, 0.29) is 12.3 Å². The number of carbonyl (C=O) groups excluding carboxylic acids is 1. The van der Waals surface area contributed by atoms with E-state index >= 15 is 0 Å². The maximum Gasteiger partial charge on any atom is 0.326 e. The van der Waals surface area contributed by atoms with Gasteiger partial charge >= 0.3 is 5.97 Å². The third-order valence-electron chi connectivity index (χ3n) is 3.87. The highest BCUT2D eigenvalue weighted by Crippen LogP contribution is 2.30. The van der Waals surface area contributed by atoms with Crippen LogP contribution in [0.3, 0.4) is 0 Å². The number of thiophene rings is 1. The van der Waals surface area contributed by atoms with E-state index < -0.39 is 12.0 Å². The zero-order chi connectivity index (χ0) is 15.7. The van der Waals surface area contributed by atoms with Gasteiger partial charge in [-0.1, -0.05) is 28.1 Å². The highest BCUT2D eigenvalue weighted by atomic mass is 79.9. The van der Waals surface area contributed by atoms with Crippen molar-refractivity contribution in [3.05, 3.63) is 56.2 Å². The first kappa shape index (κ1) is 15.2. The van der Waals surface area contributed by atoms with Gasteiger partial charge in [0.15, 0.2) is 0 Å². The third kappa shape index (κ3) is 2.94. The molecular formula is C16H14BrNO3S. The minimum Gasteiger partial charge on any atom is -0.480 e. The standard InChI is InChI=1S/C16H14BrNO3S/c17-13-3-1-2-11-8-18(14(16(20)21)7-12(11)13)15(19)6-10-4-5-22-9-10/h1-5,9,14H,6-8H2,(H,20,21).